The number of hydrogen-bond donors (Lipinski definition) is 1. The fourth-order valence-corrected chi connectivity index (χ4v) is 1.34. The maximum atomic E-state index is 11.9. The average Bonchev–Trinajstić information content (AvgIpc) is 2.29. The third kappa shape index (κ3) is 3.32. The molecule has 2 N–H and O–H groups in total. The fourth-order valence-electron chi connectivity index (χ4n) is 1.34. The lowest BCUT2D eigenvalue weighted by atomic mass is 10.1. The number of amides is 1. The van der Waals surface area contributed by atoms with Gasteiger partial charge in [0.25, 0.3) is 5.91 Å². The van der Waals surface area contributed by atoms with Crippen LogP contribution in [0, 0.1) is 5.92 Å². The quantitative estimate of drug-likeness (QED) is 0.792. The van der Waals surface area contributed by atoms with E-state index < -0.39 is 0 Å². The first-order valence-corrected chi connectivity index (χ1v) is 5.00. The Hall–Kier alpha value is -1.42. The van der Waals surface area contributed by atoms with Crippen molar-refractivity contribution in [2.24, 2.45) is 11.7 Å². The number of carbonyl (C=O) groups is 1. The van der Waals surface area contributed by atoms with Gasteiger partial charge in [-0.25, -0.2) is 0 Å². The molecule has 0 aliphatic rings. The predicted molar refractivity (Wildman–Crippen MR) is 59.4 cm³/mol. The summed E-state index contributed by atoms with van der Waals surface area (Å²) >= 11 is 0. The minimum absolute atomic E-state index is 0.0118. The summed E-state index contributed by atoms with van der Waals surface area (Å²) in [6.45, 7) is 3.29. The van der Waals surface area contributed by atoms with Crippen LogP contribution in [0.15, 0.2) is 24.5 Å². The molecule has 1 atom stereocenters. The number of nitrogens with two attached hydrogens (primary N) is 1. The molecule has 0 saturated carbocycles. The molecule has 1 amide bonds. The van der Waals surface area contributed by atoms with E-state index in [1.54, 1.807) is 36.5 Å². The molecular weight excluding hydrogens is 190 g/mol. The summed E-state index contributed by atoms with van der Waals surface area (Å²) in [5, 5.41) is 0. The van der Waals surface area contributed by atoms with Crippen molar-refractivity contribution in [3.05, 3.63) is 30.1 Å². The van der Waals surface area contributed by atoms with E-state index in [1.165, 1.54) is 0 Å². The van der Waals surface area contributed by atoms with Gasteiger partial charge in [-0.2, -0.15) is 0 Å². The number of carbonyl (C=O) groups excluding carboxylic acids is 1. The van der Waals surface area contributed by atoms with Gasteiger partial charge in [-0.05, 0) is 24.6 Å². The Morgan fingerprint density at radius 1 is 1.53 bits per heavy atom. The molecule has 0 bridgehead atoms. The summed E-state index contributed by atoms with van der Waals surface area (Å²) in [4.78, 5) is 17.4. The Labute approximate surface area is 90.1 Å². The molecule has 0 fully saturated rings. The lowest BCUT2D eigenvalue weighted by Gasteiger charge is -2.20. The van der Waals surface area contributed by atoms with Gasteiger partial charge in [-0.3, -0.25) is 9.78 Å². The van der Waals surface area contributed by atoms with Gasteiger partial charge in [0, 0.05) is 31.5 Å². The molecule has 0 aliphatic carbocycles. The normalized spacial score (nSPS) is 12.2. The largest absolute Gasteiger partial charge is 0.341 e. The van der Waals surface area contributed by atoms with Crippen LogP contribution < -0.4 is 5.73 Å². The molecule has 0 aliphatic heterocycles. The molecule has 82 valence electrons. The van der Waals surface area contributed by atoms with Crippen molar-refractivity contribution in [2.45, 2.75) is 6.92 Å². The summed E-state index contributed by atoms with van der Waals surface area (Å²) in [5.74, 6) is 0.332. The summed E-state index contributed by atoms with van der Waals surface area (Å²) in [7, 11) is 1.79. The van der Waals surface area contributed by atoms with Crippen molar-refractivity contribution in [1.29, 1.82) is 0 Å². The van der Waals surface area contributed by atoms with Crippen molar-refractivity contribution < 1.29 is 4.79 Å². The molecule has 1 rings (SSSR count). The molecule has 0 spiro atoms. The van der Waals surface area contributed by atoms with Gasteiger partial charge in [-0.1, -0.05) is 6.92 Å². The van der Waals surface area contributed by atoms with Crippen LogP contribution in [0.1, 0.15) is 17.3 Å². The highest BCUT2D eigenvalue weighted by molar-refractivity contribution is 5.93. The third-order valence-corrected chi connectivity index (χ3v) is 2.26. The summed E-state index contributed by atoms with van der Waals surface area (Å²) in [5.41, 5.74) is 6.17. The average molecular weight is 207 g/mol. The Morgan fingerprint density at radius 2 is 2.13 bits per heavy atom. The van der Waals surface area contributed by atoms with Crippen LogP contribution in [0.5, 0.6) is 0 Å². The van der Waals surface area contributed by atoms with Crippen molar-refractivity contribution in [1.82, 2.24) is 9.88 Å². The second-order valence-corrected chi connectivity index (χ2v) is 3.76. The molecule has 1 heterocycles. The number of aromatic nitrogens is 1. The van der Waals surface area contributed by atoms with Gasteiger partial charge in [0.1, 0.15) is 0 Å². The monoisotopic (exact) mass is 207 g/mol. The first-order valence-electron chi connectivity index (χ1n) is 5.00. The minimum Gasteiger partial charge on any atom is -0.341 e. The molecular formula is C11H17N3O. The Morgan fingerprint density at radius 3 is 2.67 bits per heavy atom. The highest BCUT2D eigenvalue weighted by Gasteiger charge is 2.13. The van der Waals surface area contributed by atoms with Crippen molar-refractivity contribution in [3.63, 3.8) is 0 Å². The second kappa shape index (κ2) is 5.46. The number of nitrogens with zero attached hydrogens (tertiary/aromatic N) is 2. The van der Waals surface area contributed by atoms with Crippen molar-refractivity contribution in [3.8, 4) is 0 Å². The SMILES string of the molecule is CC(CN)CN(C)C(=O)c1ccncc1. The summed E-state index contributed by atoms with van der Waals surface area (Å²) < 4.78 is 0. The van der Waals surface area contributed by atoms with Gasteiger partial charge >= 0.3 is 0 Å². The molecule has 1 unspecified atom stereocenters. The van der Waals surface area contributed by atoms with E-state index in [-0.39, 0.29) is 5.91 Å². The summed E-state index contributed by atoms with van der Waals surface area (Å²) in [6, 6.07) is 3.43. The van der Waals surface area contributed by atoms with E-state index in [9.17, 15) is 4.79 Å². The van der Waals surface area contributed by atoms with Crippen LogP contribution in [0.4, 0.5) is 0 Å². The Bertz CT molecular complexity index is 313. The summed E-state index contributed by atoms with van der Waals surface area (Å²) in [6.07, 6.45) is 3.24. The first-order chi connectivity index (χ1) is 7.15. The van der Waals surface area contributed by atoms with Crippen LogP contribution in [0.3, 0.4) is 0 Å². The van der Waals surface area contributed by atoms with E-state index in [4.69, 9.17) is 5.73 Å². The zero-order chi connectivity index (χ0) is 11.3. The van der Waals surface area contributed by atoms with Gasteiger partial charge in [0.15, 0.2) is 0 Å². The fraction of sp³-hybridized carbons (Fsp3) is 0.455. The number of pyridine rings is 1. The Balaban J connectivity index is 2.61. The van der Waals surface area contributed by atoms with Crippen LogP contribution in [0.25, 0.3) is 0 Å². The lowest BCUT2D eigenvalue weighted by Crippen LogP contribution is -2.33. The van der Waals surface area contributed by atoms with Crippen LogP contribution in [-0.2, 0) is 0 Å². The maximum absolute atomic E-state index is 11.9. The molecule has 1 aromatic rings. The minimum atomic E-state index is 0.0118. The smallest absolute Gasteiger partial charge is 0.253 e. The second-order valence-electron chi connectivity index (χ2n) is 3.76. The van der Waals surface area contributed by atoms with Crippen molar-refractivity contribution in [2.75, 3.05) is 20.1 Å². The van der Waals surface area contributed by atoms with E-state index in [1.807, 2.05) is 6.92 Å². The zero-order valence-electron chi connectivity index (χ0n) is 9.18. The first kappa shape index (κ1) is 11.7. The van der Waals surface area contributed by atoms with Gasteiger partial charge in [0.2, 0.25) is 0 Å². The zero-order valence-corrected chi connectivity index (χ0v) is 9.18. The number of hydrogen-bond acceptors (Lipinski definition) is 3. The molecule has 15 heavy (non-hydrogen) atoms. The van der Waals surface area contributed by atoms with E-state index in [0.717, 1.165) is 0 Å². The van der Waals surface area contributed by atoms with Gasteiger partial charge in [0.05, 0.1) is 0 Å². The highest BCUT2D eigenvalue weighted by atomic mass is 16.2. The van der Waals surface area contributed by atoms with Crippen molar-refractivity contribution >= 4 is 5.91 Å². The van der Waals surface area contributed by atoms with Crippen LogP contribution in [0.2, 0.25) is 0 Å². The van der Waals surface area contributed by atoms with Crippen LogP contribution in [-0.4, -0.2) is 35.9 Å². The number of rotatable bonds is 4. The van der Waals surface area contributed by atoms with Gasteiger partial charge in [-0.15, -0.1) is 0 Å². The third-order valence-electron chi connectivity index (χ3n) is 2.26. The standard InChI is InChI=1S/C11H17N3O/c1-9(7-12)8-14(2)11(15)10-3-5-13-6-4-10/h3-6,9H,7-8,12H2,1-2H3. The molecule has 0 aromatic carbocycles. The van der Waals surface area contributed by atoms with E-state index in [0.29, 0.717) is 24.6 Å². The predicted octanol–water partition coefficient (Wildman–Crippen LogP) is 0.748. The molecule has 4 nitrogen and oxygen atoms in total. The molecule has 4 heteroatoms. The molecule has 0 radical (unpaired) electrons. The van der Waals surface area contributed by atoms with Gasteiger partial charge < -0.3 is 10.6 Å². The molecule has 0 saturated heterocycles. The lowest BCUT2D eigenvalue weighted by molar-refractivity contribution is 0.0777. The van der Waals surface area contributed by atoms with E-state index >= 15 is 0 Å². The highest BCUT2D eigenvalue weighted by Crippen LogP contribution is 2.04. The maximum Gasteiger partial charge on any atom is 0.253 e. The molecule has 1 aromatic heterocycles. The van der Waals surface area contributed by atoms with E-state index in [2.05, 4.69) is 4.98 Å². The van der Waals surface area contributed by atoms with Crippen LogP contribution >= 0.6 is 0 Å². The topological polar surface area (TPSA) is 59.2 Å². The Kier molecular flexibility index (Phi) is 4.24.